The first-order valence-electron chi connectivity index (χ1n) is 5.06. The maximum absolute atomic E-state index is 12.0. The highest BCUT2D eigenvalue weighted by Crippen LogP contribution is 2.15. The zero-order valence-electron chi connectivity index (χ0n) is 9.18. The van der Waals surface area contributed by atoms with Gasteiger partial charge in [-0.05, 0) is 26.0 Å². The van der Waals surface area contributed by atoms with Crippen molar-refractivity contribution in [3.8, 4) is 0 Å². The van der Waals surface area contributed by atoms with E-state index in [4.69, 9.17) is 5.73 Å². The van der Waals surface area contributed by atoms with Crippen molar-refractivity contribution in [2.24, 2.45) is 5.73 Å². The van der Waals surface area contributed by atoms with Crippen molar-refractivity contribution in [2.45, 2.75) is 19.9 Å². The first-order valence-corrected chi connectivity index (χ1v) is 5.06. The highest BCUT2D eigenvalue weighted by molar-refractivity contribution is 5.88. The van der Waals surface area contributed by atoms with E-state index in [9.17, 15) is 9.59 Å². The van der Waals surface area contributed by atoms with E-state index in [1.54, 1.807) is 22.8 Å². The van der Waals surface area contributed by atoms with Crippen LogP contribution in [0, 0.1) is 0 Å². The first kappa shape index (κ1) is 10.5. The van der Waals surface area contributed by atoms with Crippen LogP contribution in [-0.4, -0.2) is 15.2 Å². The summed E-state index contributed by atoms with van der Waals surface area (Å²) in [5.74, 6) is 0. The second-order valence-corrected chi connectivity index (χ2v) is 3.91. The third kappa shape index (κ3) is 1.32. The molecule has 84 valence electrons. The molecule has 1 heterocycles. The Bertz CT molecular complexity index is 607. The van der Waals surface area contributed by atoms with E-state index in [1.165, 1.54) is 0 Å². The molecule has 5 heteroatoms. The molecule has 1 aromatic carbocycles. The van der Waals surface area contributed by atoms with Gasteiger partial charge in [-0.25, -0.2) is 14.2 Å². The van der Waals surface area contributed by atoms with Gasteiger partial charge < -0.3 is 5.73 Å². The van der Waals surface area contributed by atoms with E-state index in [0.29, 0.717) is 5.52 Å². The van der Waals surface area contributed by atoms with Crippen LogP contribution in [0.15, 0.2) is 29.1 Å². The Morgan fingerprint density at radius 1 is 1.25 bits per heavy atom. The summed E-state index contributed by atoms with van der Waals surface area (Å²) in [6.07, 6.45) is 0. The lowest BCUT2D eigenvalue weighted by molar-refractivity contribution is 0.250. The molecule has 2 aromatic rings. The normalized spacial score (nSPS) is 11.2. The molecule has 0 saturated carbocycles. The van der Waals surface area contributed by atoms with Gasteiger partial charge >= 0.3 is 11.7 Å². The van der Waals surface area contributed by atoms with Crippen molar-refractivity contribution in [1.29, 1.82) is 0 Å². The van der Waals surface area contributed by atoms with Crippen LogP contribution in [0.4, 0.5) is 4.79 Å². The van der Waals surface area contributed by atoms with Gasteiger partial charge in [0, 0.05) is 6.04 Å². The van der Waals surface area contributed by atoms with Crippen LogP contribution in [0.25, 0.3) is 11.0 Å². The third-order valence-corrected chi connectivity index (χ3v) is 2.52. The second-order valence-electron chi connectivity index (χ2n) is 3.91. The zero-order valence-corrected chi connectivity index (χ0v) is 9.18. The Morgan fingerprint density at radius 3 is 2.31 bits per heavy atom. The molecule has 0 bridgehead atoms. The summed E-state index contributed by atoms with van der Waals surface area (Å²) in [5.41, 5.74) is 6.09. The van der Waals surface area contributed by atoms with Crippen LogP contribution in [0.3, 0.4) is 0 Å². The lowest BCUT2D eigenvalue weighted by Gasteiger charge is -2.05. The monoisotopic (exact) mass is 219 g/mol. The van der Waals surface area contributed by atoms with Crippen molar-refractivity contribution in [3.05, 3.63) is 34.7 Å². The maximum Gasteiger partial charge on any atom is 0.337 e. The Morgan fingerprint density at radius 2 is 1.81 bits per heavy atom. The molecule has 1 aromatic heterocycles. The Kier molecular flexibility index (Phi) is 2.30. The molecule has 0 saturated heterocycles. The number of rotatable bonds is 1. The van der Waals surface area contributed by atoms with E-state index < -0.39 is 6.03 Å². The summed E-state index contributed by atoms with van der Waals surface area (Å²) in [6.45, 7) is 3.78. The minimum Gasteiger partial charge on any atom is -0.351 e. The Hall–Kier alpha value is -2.04. The van der Waals surface area contributed by atoms with E-state index in [2.05, 4.69) is 0 Å². The number of hydrogen-bond acceptors (Lipinski definition) is 2. The molecular weight excluding hydrogens is 206 g/mol. The fourth-order valence-electron chi connectivity index (χ4n) is 1.88. The second kappa shape index (κ2) is 3.52. The molecule has 0 spiro atoms. The smallest absolute Gasteiger partial charge is 0.337 e. The fraction of sp³-hybridized carbons (Fsp3) is 0.273. The fourth-order valence-corrected chi connectivity index (χ4v) is 1.88. The van der Waals surface area contributed by atoms with Gasteiger partial charge in [-0.15, -0.1) is 0 Å². The molecule has 0 aliphatic heterocycles. The van der Waals surface area contributed by atoms with Crippen molar-refractivity contribution in [3.63, 3.8) is 0 Å². The van der Waals surface area contributed by atoms with Gasteiger partial charge in [0.05, 0.1) is 11.0 Å². The standard InChI is InChI=1S/C11H13N3O2/c1-7(2)13-8-5-3-4-6-9(8)14(10(12)15)11(13)16/h3-7H,1-2H3,(H2,12,15). The summed E-state index contributed by atoms with van der Waals surface area (Å²) in [4.78, 5) is 23.2. The van der Waals surface area contributed by atoms with E-state index >= 15 is 0 Å². The number of para-hydroxylation sites is 2. The lowest BCUT2D eigenvalue weighted by atomic mass is 10.3. The molecule has 0 aliphatic rings. The third-order valence-electron chi connectivity index (χ3n) is 2.52. The van der Waals surface area contributed by atoms with Gasteiger partial charge in [0.2, 0.25) is 0 Å². The summed E-state index contributed by atoms with van der Waals surface area (Å²) in [5, 5.41) is 0. The molecule has 0 atom stereocenters. The molecule has 1 amide bonds. The number of aromatic nitrogens is 2. The van der Waals surface area contributed by atoms with E-state index in [1.807, 2.05) is 19.9 Å². The first-order chi connectivity index (χ1) is 7.54. The van der Waals surface area contributed by atoms with Crippen LogP contribution in [0.5, 0.6) is 0 Å². The lowest BCUT2D eigenvalue weighted by Crippen LogP contribution is -2.33. The quantitative estimate of drug-likeness (QED) is 0.785. The van der Waals surface area contributed by atoms with Gasteiger partial charge in [-0.3, -0.25) is 4.57 Å². The van der Waals surface area contributed by atoms with Crippen molar-refractivity contribution in [2.75, 3.05) is 0 Å². The van der Waals surface area contributed by atoms with Gasteiger partial charge in [0.15, 0.2) is 0 Å². The summed E-state index contributed by atoms with van der Waals surface area (Å²) in [7, 11) is 0. The number of hydrogen-bond donors (Lipinski definition) is 1. The van der Waals surface area contributed by atoms with Crippen LogP contribution in [0.1, 0.15) is 19.9 Å². The number of fused-ring (bicyclic) bond motifs is 1. The highest BCUT2D eigenvalue weighted by atomic mass is 16.2. The van der Waals surface area contributed by atoms with Gasteiger partial charge in [-0.1, -0.05) is 12.1 Å². The highest BCUT2D eigenvalue weighted by Gasteiger charge is 2.17. The molecule has 2 N–H and O–H groups in total. The van der Waals surface area contributed by atoms with E-state index in [0.717, 1.165) is 10.1 Å². The molecule has 0 aliphatic carbocycles. The minimum absolute atomic E-state index is 0.0157. The number of carbonyl (C=O) groups excluding carboxylic acids is 1. The molecular formula is C11H13N3O2. The average Bonchev–Trinajstić information content (AvgIpc) is 2.49. The average molecular weight is 219 g/mol. The largest absolute Gasteiger partial charge is 0.351 e. The zero-order chi connectivity index (χ0) is 11.9. The Balaban J connectivity index is 2.97. The number of carbonyl (C=O) groups is 1. The topological polar surface area (TPSA) is 70.0 Å². The van der Waals surface area contributed by atoms with Crippen molar-refractivity contribution >= 4 is 17.1 Å². The number of primary amides is 1. The molecule has 0 fully saturated rings. The van der Waals surface area contributed by atoms with Crippen LogP contribution in [-0.2, 0) is 0 Å². The van der Waals surface area contributed by atoms with Crippen LogP contribution < -0.4 is 11.4 Å². The summed E-state index contributed by atoms with van der Waals surface area (Å²) >= 11 is 0. The predicted molar refractivity (Wildman–Crippen MR) is 61.6 cm³/mol. The Labute approximate surface area is 92.1 Å². The van der Waals surface area contributed by atoms with Crippen molar-refractivity contribution < 1.29 is 4.79 Å². The van der Waals surface area contributed by atoms with Gasteiger partial charge in [-0.2, -0.15) is 0 Å². The van der Waals surface area contributed by atoms with Crippen LogP contribution in [0.2, 0.25) is 0 Å². The van der Waals surface area contributed by atoms with E-state index in [-0.39, 0.29) is 11.7 Å². The van der Waals surface area contributed by atoms with Crippen LogP contribution >= 0.6 is 0 Å². The number of imidazole rings is 1. The SMILES string of the molecule is CC(C)n1c(=O)n(C(N)=O)c2ccccc21. The molecule has 16 heavy (non-hydrogen) atoms. The molecule has 5 nitrogen and oxygen atoms in total. The van der Waals surface area contributed by atoms with Gasteiger partial charge in [0.25, 0.3) is 0 Å². The molecule has 2 rings (SSSR count). The number of nitrogens with zero attached hydrogens (tertiary/aromatic N) is 2. The van der Waals surface area contributed by atoms with Gasteiger partial charge in [0.1, 0.15) is 0 Å². The maximum atomic E-state index is 12.0. The van der Waals surface area contributed by atoms with Crippen molar-refractivity contribution in [1.82, 2.24) is 9.13 Å². The minimum atomic E-state index is -0.749. The number of amides is 1. The summed E-state index contributed by atoms with van der Waals surface area (Å²) < 4.78 is 2.55. The molecule has 0 radical (unpaired) electrons. The summed E-state index contributed by atoms with van der Waals surface area (Å²) in [6, 6.07) is 6.34. The predicted octanol–water partition coefficient (Wildman–Crippen LogP) is 1.31. The molecule has 0 unspecified atom stereocenters. The number of benzene rings is 1. The number of nitrogens with two attached hydrogens (primary N) is 1.